The summed E-state index contributed by atoms with van der Waals surface area (Å²) in [4.78, 5) is 16.9. The number of carbonyl (C=O) groups excluding carboxylic acids is 1. The van der Waals surface area contributed by atoms with Gasteiger partial charge in [0.05, 0.1) is 0 Å². The molecule has 2 aromatic rings. The van der Waals surface area contributed by atoms with Gasteiger partial charge < -0.3 is 4.74 Å². The van der Waals surface area contributed by atoms with Gasteiger partial charge in [0.15, 0.2) is 0 Å². The molecule has 0 radical (unpaired) electrons. The van der Waals surface area contributed by atoms with Crippen molar-refractivity contribution < 1.29 is 9.53 Å². The Morgan fingerprint density at radius 1 is 1.19 bits per heavy atom. The fraction of sp³-hybridized carbons (Fsp3) is 0.300. The zero-order chi connectivity index (χ0) is 18.4. The zero-order valence-electron chi connectivity index (χ0n) is 14.6. The third-order valence-electron chi connectivity index (χ3n) is 5.44. The van der Waals surface area contributed by atoms with Gasteiger partial charge in [-0.1, -0.05) is 46.9 Å². The number of esters is 1. The largest absolute Gasteiger partial charge is 0.459 e. The van der Waals surface area contributed by atoms with E-state index < -0.39 is 0 Å². The predicted molar refractivity (Wildman–Crippen MR) is 106 cm³/mol. The van der Waals surface area contributed by atoms with Crippen LogP contribution in [0, 0.1) is 5.92 Å². The number of cyclic esters (lactones) is 1. The number of ether oxygens (including phenoxy) is 1. The highest BCUT2D eigenvalue weighted by Gasteiger charge is 2.48. The summed E-state index contributed by atoms with van der Waals surface area (Å²) in [6.07, 6.45) is 4.41. The van der Waals surface area contributed by atoms with Crippen molar-refractivity contribution in [3.8, 4) is 0 Å². The van der Waals surface area contributed by atoms with Gasteiger partial charge in [-0.25, -0.2) is 4.79 Å². The van der Waals surface area contributed by atoms with Crippen LogP contribution in [0.1, 0.15) is 36.4 Å². The van der Waals surface area contributed by atoms with Gasteiger partial charge in [-0.15, -0.1) is 0 Å². The summed E-state index contributed by atoms with van der Waals surface area (Å²) in [5.74, 6) is -0.0973. The van der Waals surface area contributed by atoms with Crippen LogP contribution in [0.3, 0.4) is 0 Å². The number of nitrogens with zero attached hydrogens (tertiary/aromatic N) is 1. The fourth-order valence-corrected chi connectivity index (χ4v) is 4.79. The Hall–Kier alpha value is -1.78. The normalized spacial score (nSPS) is 27.7. The van der Waals surface area contributed by atoms with Crippen LogP contribution < -0.4 is 5.46 Å². The first-order chi connectivity index (χ1) is 12.5. The molecule has 1 fully saturated rings. The molecule has 4 atom stereocenters. The second-order valence-electron chi connectivity index (χ2n) is 7.09. The Kier molecular flexibility index (Phi) is 4.58. The Balaban J connectivity index is 1.85. The zero-order valence-corrected chi connectivity index (χ0v) is 16.1. The van der Waals surface area contributed by atoms with Crippen molar-refractivity contribution >= 4 is 42.5 Å². The Labute approximate surface area is 163 Å². The van der Waals surface area contributed by atoms with Crippen molar-refractivity contribution in [1.82, 2.24) is 4.98 Å². The molecule has 2 aliphatic rings. The number of benzene rings is 1. The number of carbonyl (C=O) groups is 1. The lowest BCUT2D eigenvalue weighted by molar-refractivity contribution is -0.138. The number of pyridine rings is 1. The van der Waals surface area contributed by atoms with Gasteiger partial charge in [0, 0.05) is 39.3 Å². The molecule has 0 N–H and O–H groups in total. The molecule has 1 aliphatic heterocycles. The minimum absolute atomic E-state index is 0.0238. The van der Waals surface area contributed by atoms with Gasteiger partial charge in [-0.3, -0.25) is 4.98 Å². The first-order valence-corrected chi connectivity index (χ1v) is 9.50. The summed E-state index contributed by atoms with van der Waals surface area (Å²) in [6, 6.07) is 9.73. The standard InChI is InChI=1S/C20H18BCl2NO2/c1-10-18-15(20(25)26-10)6-5-14(13-4-3-12(22)8-16(13)23)19(18)17-7-2-11(21)9-24-17/h2-4,6-10,14,18-19H,5,21H2,1H3/t10-,14+,18-,19-/m1/s1. The van der Waals surface area contributed by atoms with E-state index in [9.17, 15) is 4.79 Å². The maximum Gasteiger partial charge on any atom is 0.334 e. The molecule has 0 spiro atoms. The molecule has 1 saturated heterocycles. The maximum atomic E-state index is 12.3. The van der Waals surface area contributed by atoms with Crippen molar-refractivity contribution in [2.24, 2.45) is 5.92 Å². The van der Waals surface area contributed by atoms with Crippen LogP contribution in [-0.4, -0.2) is 24.9 Å². The van der Waals surface area contributed by atoms with Crippen molar-refractivity contribution in [2.45, 2.75) is 31.3 Å². The molecule has 3 nitrogen and oxygen atoms in total. The number of fused-ring (bicyclic) bond motifs is 1. The average Bonchev–Trinajstić information content (AvgIpc) is 2.90. The van der Waals surface area contributed by atoms with E-state index in [2.05, 4.69) is 17.1 Å². The lowest BCUT2D eigenvalue weighted by Gasteiger charge is -2.36. The molecule has 0 unspecified atom stereocenters. The lowest BCUT2D eigenvalue weighted by Crippen LogP contribution is -2.30. The lowest BCUT2D eigenvalue weighted by atomic mass is 9.67. The van der Waals surface area contributed by atoms with Crippen LogP contribution in [0.2, 0.25) is 10.0 Å². The van der Waals surface area contributed by atoms with Crippen molar-refractivity contribution in [3.05, 3.63) is 69.5 Å². The van der Waals surface area contributed by atoms with E-state index in [0.29, 0.717) is 10.0 Å². The topological polar surface area (TPSA) is 39.2 Å². The number of halogens is 2. The molecule has 1 aliphatic carbocycles. The number of hydrogen-bond donors (Lipinski definition) is 0. The van der Waals surface area contributed by atoms with Crippen LogP contribution in [0.5, 0.6) is 0 Å². The highest BCUT2D eigenvalue weighted by atomic mass is 35.5. The van der Waals surface area contributed by atoms with E-state index in [1.807, 2.05) is 39.2 Å². The maximum absolute atomic E-state index is 12.3. The Morgan fingerprint density at radius 3 is 2.69 bits per heavy atom. The summed E-state index contributed by atoms with van der Waals surface area (Å²) in [7, 11) is 2.02. The van der Waals surface area contributed by atoms with E-state index >= 15 is 0 Å². The van der Waals surface area contributed by atoms with Gasteiger partial charge >= 0.3 is 5.97 Å². The van der Waals surface area contributed by atoms with Gasteiger partial charge in [-0.2, -0.15) is 0 Å². The summed E-state index contributed by atoms with van der Waals surface area (Å²) in [6.45, 7) is 1.95. The van der Waals surface area contributed by atoms with Crippen molar-refractivity contribution in [3.63, 3.8) is 0 Å². The van der Waals surface area contributed by atoms with Crippen LogP contribution in [-0.2, 0) is 9.53 Å². The number of allylic oxidation sites excluding steroid dienone is 1. The van der Waals surface area contributed by atoms with E-state index in [1.54, 1.807) is 6.07 Å². The van der Waals surface area contributed by atoms with E-state index in [0.717, 1.165) is 28.7 Å². The van der Waals surface area contributed by atoms with E-state index in [1.165, 1.54) is 0 Å². The molecule has 0 saturated carbocycles. The smallest absolute Gasteiger partial charge is 0.334 e. The molecule has 26 heavy (non-hydrogen) atoms. The number of hydrogen-bond acceptors (Lipinski definition) is 3. The van der Waals surface area contributed by atoms with Crippen LogP contribution in [0.15, 0.2) is 48.2 Å². The minimum Gasteiger partial charge on any atom is -0.459 e. The van der Waals surface area contributed by atoms with Gasteiger partial charge in [-0.05, 0) is 43.0 Å². The molecule has 0 bridgehead atoms. The van der Waals surface area contributed by atoms with Crippen molar-refractivity contribution in [2.75, 3.05) is 0 Å². The molecular formula is C20H18BCl2NO2. The highest BCUT2D eigenvalue weighted by molar-refractivity contribution is 6.35. The third kappa shape index (κ3) is 2.95. The number of aromatic nitrogens is 1. The van der Waals surface area contributed by atoms with E-state index in [-0.39, 0.29) is 29.8 Å². The summed E-state index contributed by atoms with van der Waals surface area (Å²) in [5.41, 5.74) is 3.87. The molecule has 132 valence electrons. The van der Waals surface area contributed by atoms with Crippen molar-refractivity contribution in [1.29, 1.82) is 0 Å². The third-order valence-corrected chi connectivity index (χ3v) is 6.01. The quantitative estimate of drug-likeness (QED) is 0.587. The van der Waals surface area contributed by atoms with Crippen LogP contribution in [0.25, 0.3) is 0 Å². The molecule has 0 amide bonds. The van der Waals surface area contributed by atoms with Gasteiger partial charge in [0.2, 0.25) is 0 Å². The van der Waals surface area contributed by atoms with Gasteiger partial charge in [0.25, 0.3) is 0 Å². The number of rotatable bonds is 2. The summed E-state index contributed by atoms with van der Waals surface area (Å²) < 4.78 is 5.53. The Morgan fingerprint density at radius 2 is 2.00 bits per heavy atom. The predicted octanol–water partition coefficient (Wildman–Crippen LogP) is 3.41. The first-order valence-electron chi connectivity index (χ1n) is 8.74. The average molecular weight is 386 g/mol. The minimum atomic E-state index is -0.208. The second-order valence-corrected chi connectivity index (χ2v) is 7.93. The monoisotopic (exact) mass is 385 g/mol. The molecule has 6 heteroatoms. The molecule has 2 heterocycles. The summed E-state index contributed by atoms with van der Waals surface area (Å²) in [5, 5.41) is 1.26. The SMILES string of the molecule is Bc1ccc([C@@H]2[C@H]3C(=CC[C@H]2c2ccc(Cl)cc2Cl)C(=O)O[C@@H]3C)nc1. The van der Waals surface area contributed by atoms with Gasteiger partial charge in [0.1, 0.15) is 14.0 Å². The molecule has 1 aromatic heterocycles. The highest BCUT2D eigenvalue weighted by Crippen LogP contribution is 2.52. The second kappa shape index (κ2) is 6.75. The van der Waals surface area contributed by atoms with E-state index in [4.69, 9.17) is 27.9 Å². The Bertz CT molecular complexity index is 897. The molecule has 4 rings (SSSR count). The first kappa shape index (κ1) is 17.6. The molecule has 1 aromatic carbocycles. The molecular weight excluding hydrogens is 368 g/mol. The van der Waals surface area contributed by atoms with Crippen LogP contribution in [0.4, 0.5) is 0 Å². The summed E-state index contributed by atoms with van der Waals surface area (Å²) >= 11 is 12.6. The van der Waals surface area contributed by atoms with Crippen LogP contribution >= 0.6 is 23.2 Å². The fourth-order valence-electron chi connectivity index (χ4n) is 4.24.